The topological polar surface area (TPSA) is 113 Å². The lowest BCUT2D eigenvalue weighted by Gasteiger charge is -2.08. The summed E-state index contributed by atoms with van der Waals surface area (Å²) >= 11 is 0. The van der Waals surface area contributed by atoms with Crippen molar-refractivity contribution in [1.82, 2.24) is 0 Å². The van der Waals surface area contributed by atoms with Crippen LogP contribution in [-0.2, 0) is 16.0 Å². The smallest absolute Gasteiger partial charge is 0.359 e. The number of nitro benzene ring substituents is 1. The van der Waals surface area contributed by atoms with Gasteiger partial charge in [0, 0.05) is 19.1 Å². The predicted molar refractivity (Wildman–Crippen MR) is 59.3 cm³/mol. The van der Waals surface area contributed by atoms with Gasteiger partial charge in [-0.15, -0.1) is 0 Å². The number of carbonyl (C=O) groups is 1. The Labute approximate surface area is 101 Å². The maximum Gasteiger partial charge on any atom is 0.359 e. The van der Waals surface area contributed by atoms with Gasteiger partial charge in [0.15, 0.2) is 0 Å². The Morgan fingerprint density at radius 1 is 1.28 bits per heavy atom. The van der Waals surface area contributed by atoms with Gasteiger partial charge in [-0.3, -0.25) is 25.0 Å². The number of benzene rings is 1. The van der Waals surface area contributed by atoms with Gasteiger partial charge in [-0.25, -0.2) is 0 Å². The van der Waals surface area contributed by atoms with Crippen LogP contribution in [0.3, 0.4) is 0 Å². The molecule has 0 amide bonds. The number of rotatable bonds is 5. The van der Waals surface area contributed by atoms with Crippen molar-refractivity contribution in [3.63, 3.8) is 0 Å². The van der Waals surface area contributed by atoms with Crippen LogP contribution in [0.25, 0.3) is 0 Å². The van der Waals surface area contributed by atoms with E-state index in [0.29, 0.717) is 5.56 Å². The van der Waals surface area contributed by atoms with Crippen LogP contribution in [0.1, 0.15) is 12.5 Å². The van der Waals surface area contributed by atoms with Gasteiger partial charge in [0.25, 0.3) is 5.69 Å². The molecule has 0 aliphatic carbocycles. The zero-order valence-electron chi connectivity index (χ0n) is 9.44. The third-order valence-electron chi connectivity index (χ3n) is 2.09. The van der Waals surface area contributed by atoms with Crippen LogP contribution in [0.15, 0.2) is 24.3 Å². The molecule has 1 atom stereocenters. The Morgan fingerprint density at radius 2 is 1.83 bits per heavy atom. The summed E-state index contributed by atoms with van der Waals surface area (Å²) in [5.74, 6) is -0.751. The highest BCUT2D eigenvalue weighted by molar-refractivity contribution is 5.66. The van der Waals surface area contributed by atoms with E-state index in [0.717, 1.165) is 6.92 Å². The average molecular weight is 254 g/mol. The molecule has 0 spiro atoms. The van der Waals surface area contributed by atoms with E-state index in [1.165, 1.54) is 24.3 Å². The summed E-state index contributed by atoms with van der Waals surface area (Å²) in [7, 11) is 0. The average Bonchev–Trinajstić information content (AvgIpc) is 2.28. The third-order valence-corrected chi connectivity index (χ3v) is 2.09. The Balaban J connectivity index is 2.78. The molecule has 1 aromatic rings. The summed E-state index contributed by atoms with van der Waals surface area (Å²) in [6, 6.07) is 5.25. The molecular formula is C10H10N2O6. The fraction of sp³-hybridized carbons (Fsp3) is 0.300. The molecule has 0 N–H and O–H groups in total. The second-order valence-corrected chi connectivity index (χ2v) is 3.48. The van der Waals surface area contributed by atoms with Gasteiger partial charge in [0.2, 0.25) is 0 Å². The first-order chi connectivity index (χ1) is 8.40. The molecule has 18 heavy (non-hydrogen) atoms. The number of ether oxygens (including phenoxy) is 1. The zero-order valence-corrected chi connectivity index (χ0v) is 9.44. The van der Waals surface area contributed by atoms with Crippen molar-refractivity contribution < 1.29 is 19.4 Å². The van der Waals surface area contributed by atoms with Crippen molar-refractivity contribution in [2.75, 3.05) is 0 Å². The highest BCUT2D eigenvalue weighted by Crippen LogP contribution is 2.14. The van der Waals surface area contributed by atoms with E-state index >= 15 is 0 Å². The summed E-state index contributed by atoms with van der Waals surface area (Å²) in [4.78, 5) is 30.4. The molecule has 0 saturated carbocycles. The normalized spacial score (nSPS) is 11.6. The van der Waals surface area contributed by atoms with E-state index in [2.05, 4.69) is 4.74 Å². The minimum Gasteiger partial charge on any atom is -0.398 e. The second kappa shape index (κ2) is 5.71. The lowest BCUT2D eigenvalue weighted by atomic mass is 10.1. The standard InChI is InChI=1S/C10H10N2O6/c1-7(13)18-10(12(16)17)6-8-2-4-9(5-3-8)11(14)15/h2-5,10H,6H2,1H3. The van der Waals surface area contributed by atoms with Gasteiger partial charge < -0.3 is 4.74 Å². The van der Waals surface area contributed by atoms with E-state index < -0.39 is 22.0 Å². The fourth-order valence-electron chi connectivity index (χ4n) is 1.31. The van der Waals surface area contributed by atoms with Crippen LogP contribution >= 0.6 is 0 Å². The summed E-state index contributed by atoms with van der Waals surface area (Å²) in [5, 5.41) is 21.1. The number of carbonyl (C=O) groups excluding carboxylic acids is 1. The summed E-state index contributed by atoms with van der Waals surface area (Å²) in [5.41, 5.74) is 0.368. The van der Waals surface area contributed by atoms with E-state index in [1.807, 2.05) is 0 Å². The summed E-state index contributed by atoms with van der Waals surface area (Å²) in [6.07, 6.45) is -1.62. The molecule has 8 nitrogen and oxygen atoms in total. The predicted octanol–water partition coefficient (Wildman–Crippen LogP) is 1.30. The molecule has 0 aliphatic rings. The highest BCUT2D eigenvalue weighted by Gasteiger charge is 2.23. The molecule has 0 aliphatic heterocycles. The van der Waals surface area contributed by atoms with Gasteiger partial charge in [-0.1, -0.05) is 12.1 Å². The summed E-state index contributed by atoms with van der Waals surface area (Å²) in [6.45, 7) is 1.08. The van der Waals surface area contributed by atoms with Crippen LogP contribution in [0, 0.1) is 20.2 Å². The molecule has 0 bridgehead atoms. The molecular weight excluding hydrogens is 244 g/mol. The Morgan fingerprint density at radius 3 is 2.22 bits per heavy atom. The SMILES string of the molecule is CC(=O)OC(Cc1ccc([N+](=O)[O-])cc1)[N+](=O)[O-]. The van der Waals surface area contributed by atoms with Gasteiger partial charge in [-0.2, -0.15) is 0 Å². The molecule has 1 aromatic carbocycles. The van der Waals surface area contributed by atoms with Gasteiger partial charge in [-0.05, 0) is 5.56 Å². The second-order valence-electron chi connectivity index (χ2n) is 3.48. The minimum atomic E-state index is -1.48. The van der Waals surface area contributed by atoms with Crippen molar-refractivity contribution >= 4 is 11.7 Å². The Kier molecular flexibility index (Phi) is 4.30. The molecule has 1 rings (SSSR count). The van der Waals surface area contributed by atoms with Crippen LogP contribution in [0.2, 0.25) is 0 Å². The van der Waals surface area contributed by atoms with Crippen molar-refractivity contribution in [3.05, 3.63) is 50.1 Å². The number of nitrogens with zero attached hydrogens (tertiary/aromatic N) is 2. The van der Waals surface area contributed by atoms with E-state index in [4.69, 9.17) is 0 Å². The lowest BCUT2D eigenvalue weighted by Crippen LogP contribution is -2.27. The number of esters is 1. The number of non-ortho nitro benzene ring substituents is 1. The monoisotopic (exact) mass is 254 g/mol. The molecule has 96 valence electrons. The van der Waals surface area contributed by atoms with E-state index in [1.54, 1.807) is 0 Å². The first-order valence-corrected chi connectivity index (χ1v) is 4.94. The number of hydrogen-bond donors (Lipinski definition) is 0. The van der Waals surface area contributed by atoms with Crippen molar-refractivity contribution in [3.8, 4) is 0 Å². The van der Waals surface area contributed by atoms with Gasteiger partial charge in [0.05, 0.1) is 16.3 Å². The first kappa shape index (κ1) is 13.6. The first-order valence-electron chi connectivity index (χ1n) is 4.94. The molecule has 0 heterocycles. The fourth-order valence-corrected chi connectivity index (χ4v) is 1.31. The van der Waals surface area contributed by atoms with E-state index in [9.17, 15) is 25.0 Å². The van der Waals surface area contributed by atoms with Crippen molar-refractivity contribution in [2.24, 2.45) is 0 Å². The van der Waals surface area contributed by atoms with Gasteiger partial charge >= 0.3 is 12.2 Å². The molecule has 0 aromatic heterocycles. The Bertz CT molecular complexity index is 470. The number of hydrogen-bond acceptors (Lipinski definition) is 6. The van der Waals surface area contributed by atoms with Gasteiger partial charge in [0.1, 0.15) is 0 Å². The molecule has 0 fully saturated rings. The number of nitro groups is 2. The van der Waals surface area contributed by atoms with E-state index in [-0.39, 0.29) is 12.1 Å². The quantitative estimate of drug-likeness (QED) is 0.338. The zero-order chi connectivity index (χ0) is 13.7. The largest absolute Gasteiger partial charge is 0.398 e. The van der Waals surface area contributed by atoms with Crippen LogP contribution < -0.4 is 0 Å². The Hall–Kier alpha value is -2.51. The maximum atomic E-state index is 10.7. The molecule has 8 heteroatoms. The minimum absolute atomic E-state index is 0.108. The molecule has 0 radical (unpaired) electrons. The molecule has 0 saturated heterocycles. The van der Waals surface area contributed by atoms with Crippen molar-refractivity contribution in [2.45, 2.75) is 19.6 Å². The summed E-state index contributed by atoms with van der Waals surface area (Å²) < 4.78 is 4.52. The van der Waals surface area contributed by atoms with Crippen LogP contribution in [0.5, 0.6) is 0 Å². The lowest BCUT2D eigenvalue weighted by molar-refractivity contribution is -0.567. The van der Waals surface area contributed by atoms with Crippen molar-refractivity contribution in [1.29, 1.82) is 0 Å². The third kappa shape index (κ3) is 3.81. The molecule has 1 unspecified atom stereocenters. The highest BCUT2D eigenvalue weighted by atomic mass is 16.7. The maximum absolute atomic E-state index is 10.7. The van der Waals surface area contributed by atoms with Crippen LogP contribution in [0.4, 0.5) is 5.69 Å². The van der Waals surface area contributed by atoms with Crippen LogP contribution in [-0.4, -0.2) is 22.0 Å².